The number of hydrogen-bond donors (Lipinski definition) is 1. The molecule has 3 rings (SSSR count). The Labute approximate surface area is 108 Å². The van der Waals surface area contributed by atoms with Crippen LogP contribution in [0.3, 0.4) is 0 Å². The largest absolute Gasteiger partial charge is 0.314 e. The van der Waals surface area contributed by atoms with Gasteiger partial charge in [0, 0.05) is 19.0 Å². The molecule has 2 unspecified atom stereocenters. The minimum Gasteiger partial charge on any atom is -0.314 e. The van der Waals surface area contributed by atoms with E-state index in [1.165, 1.54) is 19.3 Å². The Bertz CT molecular complexity index is 415. The minimum absolute atomic E-state index is 0.376. The predicted octanol–water partition coefficient (Wildman–Crippen LogP) is 1.17. The van der Waals surface area contributed by atoms with Crippen molar-refractivity contribution < 1.29 is 0 Å². The molecule has 1 aromatic rings. The molecule has 5 heteroatoms. The van der Waals surface area contributed by atoms with Gasteiger partial charge in [-0.05, 0) is 41.7 Å². The molecule has 0 aliphatic heterocycles. The van der Waals surface area contributed by atoms with E-state index in [1.54, 1.807) is 4.80 Å². The van der Waals surface area contributed by atoms with Crippen LogP contribution in [0, 0.1) is 17.3 Å². The number of aryl methyl sites for hydroxylation is 1. The molecule has 0 spiro atoms. The molecule has 1 N–H and O–H groups in total. The van der Waals surface area contributed by atoms with Crippen LogP contribution in [0.25, 0.3) is 0 Å². The molecule has 0 radical (unpaired) electrons. The lowest BCUT2D eigenvalue weighted by Crippen LogP contribution is -2.38. The van der Waals surface area contributed by atoms with E-state index in [-0.39, 0.29) is 0 Å². The highest BCUT2D eigenvalue weighted by Crippen LogP contribution is 2.60. The Morgan fingerprint density at radius 3 is 2.67 bits per heavy atom. The smallest absolute Gasteiger partial charge is 0.175 e. The Morgan fingerprint density at radius 1 is 1.39 bits per heavy atom. The van der Waals surface area contributed by atoms with Crippen LogP contribution in [0.5, 0.6) is 0 Å². The first-order chi connectivity index (χ1) is 8.56. The molecular weight excluding hydrogens is 226 g/mol. The summed E-state index contributed by atoms with van der Waals surface area (Å²) in [6, 6.07) is 0.550. The number of hydrogen-bond acceptors (Lipinski definition) is 4. The lowest BCUT2D eigenvalue weighted by atomic mass is 9.79. The van der Waals surface area contributed by atoms with Crippen LogP contribution in [0.2, 0.25) is 0 Å². The first-order valence-corrected chi connectivity index (χ1v) is 7.03. The summed E-state index contributed by atoms with van der Waals surface area (Å²) < 4.78 is 0. The standard InChI is InChI=1S/C13H23N5/c1-9(2)14-8-13(5-10-4-11(10)6-13)7-12-15-17-18(3)16-12/h9-11,14H,4-8H2,1-3H3. The zero-order chi connectivity index (χ0) is 12.8. The molecule has 1 heterocycles. The molecule has 5 nitrogen and oxygen atoms in total. The average Bonchev–Trinajstić information content (AvgIpc) is 2.72. The van der Waals surface area contributed by atoms with Crippen molar-refractivity contribution in [1.82, 2.24) is 25.5 Å². The molecule has 0 bridgehead atoms. The van der Waals surface area contributed by atoms with E-state index in [0.717, 1.165) is 30.6 Å². The second-order valence-corrected chi connectivity index (χ2v) is 6.57. The van der Waals surface area contributed by atoms with Gasteiger partial charge in [-0.15, -0.1) is 10.2 Å². The highest BCUT2D eigenvalue weighted by molar-refractivity contribution is 5.07. The average molecular weight is 249 g/mol. The second kappa shape index (κ2) is 4.30. The van der Waals surface area contributed by atoms with Crippen molar-refractivity contribution in [3.05, 3.63) is 5.82 Å². The van der Waals surface area contributed by atoms with Crippen molar-refractivity contribution in [3.63, 3.8) is 0 Å². The van der Waals surface area contributed by atoms with E-state index in [9.17, 15) is 0 Å². The quantitative estimate of drug-likeness (QED) is 0.851. The third-order valence-electron chi connectivity index (χ3n) is 4.43. The van der Waals surface area contributed by atoms with Crippen LogP contribution in [0.1, 0.15) is 38.9 Å². The predicted molar refractivity (Wildman–Crippen MR) is 68.9 cm³/mol. The topological polar surface area (TPSA) is 55.6 Å². The fourth-order valence-electron chi connectivity index (χ4n) is 3.51. The van der Waals surface area contributed by atoms with Gasteiger partial charge in [0.1, 0.15) is 0 Å². The fraction of sp³-hybridized carbons (Fsp3) is 0.923. The maximum Gasteiger partial charge on any atom is 0.175 e. The SMILES string of the molecule is CC(C)NCC1(Cc2nnn(C)n2)CC2CC2C1. The van der Waals surface area contributed by atoms with Gasteiger partial charge in [0.25, 0.3) is 0 Å². The van der Waals surface area contributed by atoms with Crippen molar-refractivity contribution in [3.8, 4) is 0 Å². The summed E-state index contributed by atoms with van der Waals surface area (Å²) >= 11 is 0. The molecule has 2 aliphatic carbocycles. The van der Waals surface area contributed by atoms with Crippen LogP contribution in [0.15, 0.2) is 0 Å². The molecule has 2 aliphatic rings. The van der Waals surface area contributed by atoms with Gasteiger partial charge in [0.05, 0.1) is 7.05 Å². The number of aromatic nitrogens is 4. The summed E-state index contributed by atoms with van der Waals surface area (Å²) in [5.74, 6) is 2.87. The first-order valence-electron chi connectivity index (χ1n) is 7.03. The van der Waals surface area contributed by atoms with Crippen LogP contribution < -0.4 is 5.32 Å². The van der Waals surface area contributed by atoms with Crippen molar-refractivity contribution in [2.24, 2.45) is 24.3 Å². The van der Waals surface area contributed by atoms with Gasteiger partial charge < -0.3 is 5.32 Å². The van der Waals surface area contributed by atoms with Gasteiger partial charge in [0.2, 0.25) is 0 Å². The van der Waals surface area contributed by atoms with Crippen molar-refractivity contribution in [1.29, 1.82) is 0 Å². The van der Waals surface area contributed by atoms with Crippen LogP contribution in [-0.2, 0) is 13.5 Å². The van der Waals surface area contributed by atoms with E-state index in [0.29, 0.717) is 11.5 Å². The summed E-state index contributed by atoms with van der Waals surface area (Å²) in [6.45, 7) is 5.52. The molecular formula is C13H23N5. The summed E-state index contributed by atoms with van der Waals surface area (Å²) in [5.41, 5.74) is 0.376. The zero-order valence-corrected chi connectivity index (χ0v) is 11.6. The lowest BCUT2D eigenvalue weighted by Gasteiger charge is -2.31. The van der Waals surface area contributed by atoms with E-state index >= 15 is 0 Å². The van der Waals surface area contributed by atoms with Gasteiger partial charge in [-0.1, -0.05) is 13.8 Å². The van der Waals surface area contributed by atoms with E-state index in [4.69, 9.17) is 0 Å². The molecule has 2 saturated carbocycles. The summed E-state index contributed by atoms with van der Waals surface area (Å²) in [5, 5.41) is 16.1. The van der Waals surface area contributed by atoms with Crippen LogP contribution in [-0.4, -0.2) is 32.8 Å². The molecule has 2 fully saturated rings. The monoisotopic (exact) mass is 249 g/mol. The second-order valence-electron chi connectivity index (χ2n) is 6.57. The molecule has 100 valence electrons. The Hall–Kier alpha value is -0.970. The lowest BCUT2D eigenvalue weighted by molar-refractivity contribution is 0.236. The molecule has 1 aromatic heterocycles. The number of rotatable bonds is 5. The Kier molecular flexibility index (Phi) is 2.88. The molecule has 0 amide bonds. The number of nitrogens with zero attached hydrogens (tertiary/aromatic N) is 4. The van der Waals surface area contributed by atoms with Gasteiger partial charge in [-0.3, -0.25) is 0 Å². The Morgan fingerprint density at radius 2 is 2.11 bits per heavy atom. The van der Waals surface area contributed by atoms with E-state index in [1.807, 2.05) is 7.05 Å². The van der Waals surface area contributed by atoms with Crippen molar-refractivity contribution in [2.45, 2.75) is 45.6 Å². The normalized spacial score (nSPS) is 34.0. The number of fused-ring (bicyclic) bond motifs is 1. The summed E-state index contributed by atoms with van der Waals surface area (Å²) in [4.78, 5) is 1.56. The highest BCUT2D eigenvalue weighted by Gasteiger charge is 2.53. The minimum atomic E-state index is 0.376. The maximum atomic E-state index is 4.35. The molecule has 0 saturated heterocycles. The summed E-state index contributed by atoms with van der Waals surface area (Å²) in [7, 11) is 1.83. The van der Waals surface area contributed by atoms with Gasteiger partial charge >= 0.3 is 0 Å². The molecule has 0 aromatic carbocycles. The van der Waals surface area contributed by atoms with E-state index < -0.39 is 0 Å². The summed E-state index contributed by atoms with van der Waals surface area (Å²) in [6.07, 6.45) is 5.12. The highest BCUT2D eigenvalue weighted by atomic mass is 15.6. The number of nitrogens with one attached hydrogen (secondary N) is 1. The maximum absolute atomic E-state index is 4.35. The van der Waals surface area contributed by atoms with Gasteiger partial charge in [0.15, 0.2) is 5.82 Å². The molecule has 2 atom stereocenters. The molecule has 18 heavy (non-hydrogen) atoms. The first kappa shape index (κ1) is 12.1. The van der Waals surface area contributed by atoms with Gasteiger partial charge in [-0.2, -0.15) is 4.80 Å². The van der Waals surface area contributed by atoms with Gasteiger partial charge in [-0.25, -0.2) is 0 Å². The van der Waals surface area contributed by atoms with E-state index in [2.05, 4.69) is 34.6 Å². The number of tetrazole rings is 1. The fourth-order valence-corrected chi connectivity index (χ4v) is 3.51. The third kappa shape index (κ3) is 2.41. The zero-order valence-electron chi connectivity index (χ0n) is 11.6. The van der Waals surface area contributed by atoms with Crippen molar-refractivity contribution >= 4 is 0 Å². The van der Waals surface area contributed by atoms with Crippen molar-refractivity contribution in [2.75, 3.05) is 6.54 Å². The third-order valence-corrected chi connectivity index (χ3v) is 4.43. The van der Waals surface area contributed by atoms with Crippen LogP contribution >= 0.6 is 0 Å². The Balaban J connectivity index is 1.69. The van der Waals surface area contributed by atoms with Crippen LogP contribution in [0.4, 0.5) is 0 Å².